The summed E-state index contributed by atoms with van der Waals surface area (Å²) in [4.78, 5) is 24.0. The van der Waals surface area contributed by atoms with Gasteiger partial charge in [-0.15, -0.1) is 0 Å². The van der Waals surface area contributed by atoms with Crippen molar-refractivity contribution in [3.63, 3.8) is 0 Å². The number of hydrogen-bond acceptors (Lipinski definition) is 4. The quantitative estimate of drug-likeness (QED) is 0.829. The molecule has 25 heavy (non-hydrogen) atoms. The first-order valence-corrected chi connectivity index (χ1v) is 9.76. The van der Waals surface area contributed by atoms with E-state index in [9.17, 15) is 4.79 Å². The molecule has 1 saturated heterocycles. The van der Waals surface area contributed by atoms with E-state index >= 15 is 0 Å². The van der Waals surface area contributed by atoms with E-state index in [0.717, 1.165) is 24.7 Å². The molecule has 134 valence electrons. The molecule has 1 aliphatic heterocycles. The summed E-state index contributed by atoms with van der Waals surface area (Å²) in [6.45, 7) is 5.59. The van der Waals surface area contributed by atoms with Gasteiger partial charge in [0.15, 0.2) is 0 Å². The molecule has 4 aliphatic rings. The minimum absolute atomic E-state index is 0.0564. The maximum absolute atomic E-state index is 13.1. The maximum atomic E-state index is 13.1. The predicted molar refractivity (Wildman–Crippen MR) is 93.3 cm³/mol. The third-order valence-electron chi connectivity index (χ3n) is 6.58. The highest BCUT2D eigenvalue weighted by Crippen LogP contribution is 2.55. The van der Waals surface area contributed by atoms with Crippen molar-refractivity contribution in [1.82, 2.24) is 14.9 Å². The largest absolute Gasteiger partial charge is 0.365 e. The lowest BCUT2D eigenvalue weighted by Gasteiger charge is -2.52. The van der Waals surface area contributed by atoms with Gasteiger partial charge in [0, 0.05) is 24.9 Å². The summed E-state index contributed by atoms with van der Waals surface area (Å²) >= 11 is 0. The van der Waals surface area contributed by atoms with E-state index in [4.69, 9.17) is 4.74 Å². The molecule has 1 aromatic heterocycles. The molecule has 0 radical (unpaired) electrons. The molecule has 2 bridgehead atoms. The fourth-order valence-corrected chi connectivity index (χ4v) is 5.49. The number of morpholine rings is 1. The van der Waals surface area contributed by atoms with Crippen LogP contribution < -0.4 is 0 Å². The third-order valence-corrected chi connectivity index (χ3v) is 6.58. The fourth-order valence-electron chi connectivity index (χ4n) is 5.49. The summed E-state index contributed by atoms with van der Waals surface area (Å²) in [5, 5.41) is 0. The lowest BCUT2D eigenvalue weighted by molar-refractivity contribution is -0.208. The molecule has 0 N–H and O–H groups in total. The zero-order valence-electron chi connectivity index (χ0n) is 15.2. The SMILES string of the molecule is CC1(C)CN(C(=O)c2cnc(C3CC3)nc2)C[C@]2(C[C@@H]3CC[C@H]2C3)O1. The van der Waals surface area contributed by atoms with Crippen LogP contribution in [0.3, 0.4) is 0 Å². The van der Waals surface area contributed by atoms with Crippen LogP contribution in [0.2, 0.25) is 0 Å². The Kier molecular flexibility index (Phi) is 3.31. The van der Waals surface area contributed by atoms with Gasteiger partial charge < -0.3 is 9.64 Å². The molecule has 3 atom stereocenters. The summed E-state index contributed by atoms with van der Waals surface area (Å²) in [6.07, 6.45) is 10.8. The standard InChI is InChI=1S/C20H27N3O2/c1-19(2)11-23(12-20(25-19)8-13-3-6-16(20)7-13)18(24)15-9-21-17(22-10-15)14-4-5-14/h9-10,13-14,16H,3-8,11-12H2,1-2H3/t13-,16+,20+/m1/s1. The van der Waals surface area contributed by atoms with E-state index in [2.05, 4.69) is 23.8 Å². The van der Waals surface area contributed by atoms with Crippen LogP contribution in [0, 0.1) is 11.8 Å². The smallest absolute Gasteiger partial charge is 0.257 e. The minimum Gasteiger partial charge on any atom is -0.365 e. The van der Waals surface area contributed by atoms with E-state index in [1.54, 1.807) is 12.4 Å². The second-order valence-corrected chi connectivity index (χ2v) is 9.27. The first-order chi connectivity index (χ1) is 11.9. The average Bonchev–Trinajstić information content (AvgIpc) is 3.25. The lowest BCUT2D eigenvalue weighted by atomic mass is 9.81. The number of ether oxygens (including phenoxy) is 1. The lowest BCUT2D eigenvalue weighted by Crippen LogP contribution is -2.62. The number of hydrogen-bond donors (Lipinski definition) is 0. The van der Waals surface area contributed by atoms with Gasteiger partial charge in [-0.25, -0.2) is 9.97 Å². The van der Waals surface area contributed by atoms with Gasteiger partial charge in [0.1, 0.15) is 5.82 Å². The van der Waals surface area contributed by atoms with Gasteiger partial charge in [-0.3, -0.25) is 4.79 Å². The molecule has 4 fully saturated rings. The fraction of sp³-hybridized carbons (Fsp3) is 0.750. The van der Waals surface area contributed by atoms with E-state index in [-0.39, 0.29) is 17.1 Å². The van der Waals surface area contributed by atoms with Crippen LogP contribution in [-0.4, -0.2) is 45.1 Å². The predicted octanol–water partition coefficient (Wildman–Crippen LogP) is 3.16. The molecule has 3 saturated carbocycles. The molecule has 0 unspecified atom stereocenters. The molecular weight excluding hydrogens is 314 g/mol. The van der Waals surface area contributed by atoms with Crippen LogP contribution in [0.25, 0.3) is 0 Å². The van der Waals surface area contributed by atoms with Crippen LogP contribution in [0.15, 0.2) is 12.4 Å². The van der Waals surface area contributed by atoms with Gasteiger partial charge in [0.25, 0.3) is 5.91 Å². The summed E-state index contributed by atoms with van der Waals surface area (Å²) in [5.41, 5.74) is 0.183. The van der Waals surface area contributed by atoms with Crippen molar-refractivity contribution in [2.75, 3.05) is 13.1 Å². The van der Waals surface area contributed by atoms with Crippen molar-refractivity contribution in [2.24, 2.45) is 11.8 Å². The first kappa shape index (κ1) is 15.7. The van der Waals surface area contributed by atoms with Crippen molar-refractivity contribution < 1.29 is 9.53 Å². The van der Waals surface area contributed by atoms with E-state index in [1.165, 1.54) is 32.1 Å². The van der Waals surface area contributed by atoms with Gasteiger partial charge in [0.2, 0.25) is 0 Å². The maximum Gasteiger partial charge on any atom is 0.257 e. The monoisotopic (exact) mass is 341 g/mol. The number of carbonyl (C=O) groups is 1. The van der Waals surface area contributed by atoms with Crippen LogP contribution >= 0.6 is 0 Å². The van der Waals surface area contributed by atoms with Crippen molar-refractivity contribution in [2.45, 2.75) is 69.5 Å². The minimum atomic E-state index is -0.298. The number of aromatic nitrogens is 2. The molecule has 1 spiro atoms. The third kappa shape index (κ3) is 2.67. The summed E-state index contributed by atoms with van der Waals surface area (Å²) in [6, 6.07) is 0. The number of rotatable bonds is 2. The normalized spacial score (nSPS) is 36.2. The number of carbonyl (C=O) groups excluding carboxylic acids is 1. The van der Waals surface area contributed by atoms with Crippen LogP contribution in [0.4, 0.5) is 0 Å². The molecule has 5 rings (SSSR count). The van der Waals surface area contributed by atoms with E-state index < -0.39 is 0 Å². The number of fused-ring (bicyclic) bond motifs is 3. The Bertz CT molecular complexity index is 697. The Morgan fingerprint density at radius 2 is 1.92 bits per heavy atom. The molecular formula is C20H27N3O2. The van der Waals surface area contributed by atoms with Gasteiger partial charge in [0.05, 0.1) is 23.3 Å². The Balaban J connectivity index is 1.39. The highest BCUT2D eigenvalue weighted by atomic mass is 16.5. The van der Waals surface area contributed by atoms with Gasteiger partial charge in [-0.1, -0.05) is 0 Å². The van der Waals surface area contributed by atoms with Crippen molar-refractivity contribution in [3.05, 3.63) is 23.8 Å². The summed E-state index contributed by atoms with van der Waals surface area (Å²) < 4.78 is 6.61. The Morgan fingerprint density at radius 1 is 1.16 bits per heavy atom. The van der Waals surface area contributed by atoms with Crippen LogP contribution in [0.5, 0.6) is 0 Å². The summed E-state index contributed by atoms with van der Waals surface area (Å²) in [7, 11) is 0. The second kappa shape index (κ2) is 5.26. The van der Waals surface area contributed by atoms with Crippen molar-refractivity contribution >= 4 is 5.91 Å². The Morgan fingerprint density at radius 3 is 2.52 bits per heavy atom. The molecule has 3 aliphatic carbocycles. The molecule has 1 aromatic rings. The van der Waals surface area contributed by atoms with Gasteiger partial charge in [-0.2, -0.15) is 0 Å². The first-order valence-electron chi connectivity index (χ1n) is 9.76. The molecule has 1 amide bonds. The van der Waals surface area contributed by atoms with Crippen LogP contribution in [0.1, 0.15) is 74.5 Å². The van der Waals surface area contributed by atoms with Crippen molar-refractivity contribution in [3.8, 4) is 0 Å². The highest BCUT2D eigenvalue weighted by Gasteiger charge is 2.57. The molecule has 2 heterocycles. The van der Waals surface area contributed by atoms with Crippen LogP contribution in [-0.2, 0) is 4.74 Å². The van der Waals surface area contributed by atoms with Gasteiger partial charge >= 0.3 is 0 Å². The summed E-state index contributed by atoms with van der Waals surface area (Å²) in [5.74, 6) is 2.87. The Hall–Kier alpha value is -1.49. The Labute approximate surface area is 149 Å². The van der Waals surface area contributed by atoms with E-state index in [1.807, 2.05) is 4.90 Å². The zero-order valence-corrected chi connectivity index (χ0v) is 15.2. The van der Waals surface area contributed by atoms with E-state index in [0.29, 0.717) is 23.9 Å². The van der Waals surface area contributed by atoms with Crippen molar-refractivity contribution in [1.29, 1.82) is 0 Å². The topological polar surface area (TPSA) is 55.3 Å². The molecule has 5 heteroatoms. The molecule has 0 aromatic carbocycles. The number of nitrogens with zero attached hydrogens (tertiary/aromatic N) is 3. The second-order valence-electron chi connectivity index (χ2n) is 9.27. The van der Waals surface area contributed by atoms with Gasteiger partial charge in [-0.05, 0) is 64.2 Å². The number of amides is 1. The highest BCUT2D eigenvalue weighted by molar-refractivity contribution is 5.93. The molecule has 5 nitrogen and oxygen atoms in total. The average molecular weight is 341 g/mol. The zero-order chi connectivity index (χ0) is 17.2.